The van der Waals surface area contributed by atoms with Gasteiger partial charge in [-0.05, 0) is 32.1 Å². The Hall–Kier alpha value is -3.26. The molecule has 168 valence electrons. The summed E-state index contributed by atoms with van der Waals surface area (Å²) in [7, 11) is 4.36. The number of hydrogen-bond acceptors (Lipinski definition) is 7. The molecule has 1 N–H and O–H groups in total. The number of carbonyl (C=O) groups is 2. The lowest BCUT2D eigenvalue weighted by Gasteiger charge is -2.16. The summed E-state index contributed by atoms with van der Waals surface area (Å²) < 4.78 is 27.1. The van der Waals surface area contributed by atoms with Crippen LogP contribution in [0.2, 0.25) is 0 Å². The minimum absolute atomic E-state index is 0.170. The minimum Gasteiger partial charge on any atom is -0.496 e. The summed E-state index contributed by atoms with van der Waals surface area (Å²) in [6, 6.07) is 4.76. The zero-order chi connectivity index (χ0) is 22.8. The van der Waals surface area contributed by atoms with E-state index in [9.17, 15) is 9.59 Å². The average molecular weight is 431 g/mol. The number of amides is 1. The molecule has 1 aliphatic carbocycles. The Bertz CT molecular complexity index is 886. The van der Waals surface area contributed by atoms with E-state index in [0.29, 0.717) is 48.2 Å². The fraction of sp³-hybridized carbons (Fsp3) is 0.391. The zero-order valence-electron chi connectivity index (χ0n) is 18.5. The van der Waals surface area contributed by atoms with Gasteiger partial charge in [-0.15, -0.1) is 0 Å². The maximum absolute atomic E-state index is 12.4. The lowest BCUT2D eigenvalue weighted by molar-refractivity contribution is -0.117. The molecule has 0 radical (unpaired) electrons. The summed E-state index contributed by atoms with van der Waals surface area (Å²) in [5.74, 6) is 1.06. The standard InChI is InChI=1S/C23H29NO7/c1-6-24-22(25)16-7-8-17(30-15(2)14-27-3)12-19(11-16)31-18-9-10-20(23(26)29-5)21(13-18)28-4/h7,9-13,15H,6,8,14H2,1-5H3,(H,24,25). The van der Waals surface area contributed by atoms with E-state index in [-0.39, 0.29) is 17.6 Å². The highest BCUT2D eigenvalue weighted by Gasteiger charge is 2.17. The number of benzene rings is 1. The predicted molar refractivity (Wildman–Crippen MR) is 115 cm³/mol. The molecule has 1 aromatic rings. The fourth-order valence-electron chi connectivity index (χ4n) is 2.92. The molecule has 0 saturated carbocycles. The second kappa shape index (κ2) is 11.8. The van der Waals surface area contributed by atoms with Crippen LogP contribution in [0.1, 0.15) is 30.6 Å². The highest BCUT2D eigenvalue weighted by Crippen LogP contribution is 2.28. The first kappa shape index (κ1) is 24.0. The van der Waals surface area contributed by atoms with E-state index < -0.39 is 5.97 Å². The van der Waals surface area contributed by atoms with Gasteiger partial charge in [-0.25, -0.2) is 4.79 Å². The molecular formula is C23H29NO7. The molecule has 0 spiro atoms. The third-order valence-corrected chi connectivity index (χ3v) is 4.29. The summed E-state index contributed by atoms with van der Waals surface area (Å²) in [6.45, 7) is 4.68. The second-order valence-corrected chi connectivity index (χ2v) is 6.72. The van der Waals surface area contributed by atoms with Gasteiger partial charge in [-0.2, -0.15) is 0 Å². The first-order valence-electron chi connectivity index (χ1n) is 9.92. The van der Waals surface area contributed by atoms with Crippen molar-refractivity contribution in [2.24, 2.45) is 0 Å². The Labute approximate surface area is 182 Å². The molecule has 1 amide bonds. The summed E-state index contributed by atoms with van der Waals surface area (Å²) >= 11 is 0. The highest BCUT2D eigenvalue weighted by atomic mass is 16.5. The van der Waals surface area contributed by atoms with Gasteiger partial charge < -0.3 is 29.0 Å². The van der Waals surface area contributed by atoms with Gasteiger partial charge in [0.05, 0.1) is 20.8 Å². The number of ether oxygens (including phenoxy) is 5. The lowest BCUT2D eigenvalue weighted by Crippen LogP contribution is -2.24. The van der Waals surface area contributed by atoms with Crippen LogP contribution >= 0.6 is 0 Å². The van der Waals surface area contributed by atoms with Gasteiger partial charge in [0.15, 0.2) is 0 Å². The van der Waals surface area contributed by atoms with E-state index in [1.54, 1.807) is 43.5 Å². The largest absolute Gasteiger partial charge is 0.496 e. The Morgan fingerprint density at radius 2 is 1.94 bits per heavy atom. The molecule has 0 bridgehead atoms. The van der Waals surface area contributed by atoms with E-state index in [1.807, 2.05) is 13.8 Å². The SMILES string of the molecule is CCNC(=O)C1=CCC(OC(C)COC)=CC(Oc2ccc(C(=O)OC)c(OC)c2)=C1. The van der Waals surface area contributed by atoms with Gasteiger partial charge >= 0.3 is 5.97 Å². The molecule has 1 aliphatic rings. The van der Waals surface area contributed by atoms with Crippen LogP contribution in [0, 0.1) is 0 Å². The van der Waals surface area contributed by atoms with E-state index in [2.05, 4.69) is 5.32 Å². The number of likely N-dealkylation sites (N-methyl/N-ethyl adjacent to an activating group) is 1. The van der Waals surface area contributed by atoms with Crippen LogP contribution in [0.4, 0.5) is 0 Å². The molecule has 8 nitrogen and oxygen atoms in total. The monoisotopic (exact) mass is 431 g/mol. The summed E-state index contributed by atoms with van der Waals surface area (Å²) in [5.41, 5.74) is 0.743. The molecule has 0 saturated heterocycles. The zero-order valence-corrected chi connectivity index (χ0v) is 18.5. The Kier molecular flexibility index (Phi) is 9.14. The molecule has 0 aromatic heterocycles. The number of rotatable bonds is 10. The molecule has 1 unspecified atom stereocenters. The number of nitrogens with one attached hydrogen (secondary N) is 1. The molecule has 8 heteroatoms. The van der Waals surface area contributed by atoms with Crippen molar-refractivity contribution in [2.45, 2.75) is 26.4 Å². The molecule has 1 atom stereocenters. The van der Waals surface area contributed by atoms with E-state index in [0.717, 1.165) is 0 Å². The van der Waals surface area contributed by atoms with Gasteiger partial charge in [0.25, 0.3) is 5.91 Å². The molecule has 0 heterocycles. The van der Waals surface area contributed by atoms with Crippen LogP contribution in [0.25, 0.3) is 0 Å². The Balaban J connectivity index is 2.34. The third-order valence-electron chi connectivity index (χ3n) is 4.29. The minimum atomic E-state index is -0.513. The third kappa shape index (κ3) is 6.89. The average Bonchev–Trinajstić information content (AvgIpc) is 2.95. The highest BCUT2D eigenvalue weighted by molar-refractivity contribution is 5.96. The molecule has 2 rings (SSSR count). The number of hydrogen-bond donors (Lipinski definition) is 1. The number of carbonyl (C=O) groups excluding carboxylic acids is 2. The van der Waals surface area contributed by atoms with Gasteiger partial charge in [0.2, 0.25) is 0 Å². The van der Waals surface area contributed by atoms with Crippen molar-refractivity contribution in [2.75, 3.05) is 34.5 Å². The van der Waals surface area contributed by atoms with Gasteiger partial charge in [-0.1, -0.05) is 6.08 Å². The van der Waals surface area contributed by atoms with Crippen LogP contribution < -0.4 is 14.8 Å². The van der Waals surface area contributed by atoms with Gasteiger partial charge in [0, 0.05) is 37.8 Å². The van der Waals surface area contributed by atoms with Gasteiger partial charge in [0.1, 0.15) is 34.7 Å². The van der Waals surface area contributed by atoms with Crippen LogP contribution in [-0.4, -0.2) is 52.5 Å². The maximum atomic E-state index is 12.4. The van der Waals surface area contributed by atoms with E-state index >= 15 is 0 Å². The molecule has 0 aliphatic heterocycles. The second-order valence-electron chi connectivity index (χ2n) is 6.72. The summed E-state index contributed by atoms with van der Waals surface area (Å²) in [4.78, 5) is 24.3. The van der Waals surface area contributed by atoms with Crippen molar-refractivity contribution in [3.05, 3.63) is 59.1 Å². The van der Waals surface area contributed by atoms with E-state index in [4.69, 9.17) is 23.7 Å². The van der Waals surface area contributed by atoms with Crippen molar-refractivity contribution >= 4 is 11.9 Å². The smallest absolute Gasteiger partial charge is 0.341 e. The molecule has 0 fully saturated rings. The quantitative estimate of drug-likeness (QED) is 0.569. The number of allylic oxidation sites excluding steroid dienone is 2. The molecule has 1 aromatic carbocycles. The van der Waals surface area contributed by atoms with Crippen molar-refractivity contribution in [3.63, 3.8) is 0 Å². The predicted octanol–water partition coefficient (Wildman–Crippen LogP) is 3.15. The van der Waals surface area contributed by atoms with Crippen LogP contribution in [0.3, 0.4) is 0 Å². The first-order valence-corrected chi connectivity index (χ1v) is 9.92. The Morgan fingerprint density at radius 1 is 1.16 bits per heavy atom. The van der Waals surface area contributed by atoms with Crippen LogP contribution in [0.15, 0.2) is 53.5 Å². The van der Waals surface area contributed by atoms with Gasteiger partial charge in [-0.3, -0.25) is 4.79 Å². The van der Waals surface area contributed by atoms with E-state index in [1.165, 1.54) is 14.2 Å². The van der Waals surface area contributed by atoms with Crippen LogP contribution in [0.5, 0.6) is 11.5 Å². The molecule has 31 heavy (non-hydrogen) atoms. The van der Waals surface area contributed by atoms with Crippen LogP contribution in [-0.2, 0) is 19.0 Å². The number of methoxy groups -OCH3 is 3. The number of esters is 1. The molecular weight excluding hydrogens is 402 g/mol. The summed E-state index contributed by atoms with van der Waals surface area (Å²) in [5, 5.41) is 2.79. The van der Waals surface area contributed by atoms with Crippen molar-refractivity contribution in [3.8, 4) is 11.5 Å². The van der Waals surface area contributed by atoms with Crippen molar-refractivity contribution < 1.29 is 33.3 Å². The van der Waals surface area contributed by atoms with Crippen molar-refractivity contribution in [1.82, 2.24) is 5.32 Å². The summed E-state index contributed by atoms with van der Waals surface area (Å²) in [6.07, 6.45) is 5.41. The van der Waals surface area contributed by atoms with Crippen molar-refractivity contribution in [1.29, 1.82) is 0 Å². The first-order chi connectivity index (χ1) is 14.9. The fourth-order valence-corrected chi connectivity index (χ4v) is 2.92. The normalized spacial score (nSPS) is 14.3. The Morgan fingerprint density at radius 3 is 2.58 bits per heavy atom. The topological polar surface area (TPSA) is 92.3 Å². The lowest BCUT2D eigenvalue weighted by atomic mass is 10.2. The maximum Gasteiger partial charge on any atom is 0.341 e.